The molecule has 1 aromatic carbocycles. The summed E-state index contributed by atoms with van der Waals surface area (Å²) < 4.78 is 32.2. The lowest BCUT2D eigenvalue weighted by molar-refractivity contribution is -0.126. The fraction of sp³-hybridized carbons (Fsp3) is 0.344. The van der Waals surface area contributed by atoms with Crippen LogP contribution in [0.15, 0.2) is 47.8 Å². The van der Waals surface area contributed by atoms with Crippen LogP contribution in [0.5, 0.6) is 0 Å². The monoisotopic (exact) mass is 613 g/mol. The van der Waals surface area contributed by atoms with E-state index in [1.807, 2.05) is 11.8 Å². The number of anilines is 1. The number of carbonyl (C=O) groups is 2. The number of aromatic carboxylic acids is 1. The molecule has 3 aromatic heterocycles. The number of carboxylic acids is 1. The second-order valence-corrected chi connectivity index (χ2v) is 11.8. The summed E-state index contributed by atoms with van der Waals surface area (Å²) in [5.41, 5.74) is 0.0507. The first-order chi connectivity index (χ1) is 21.7. The van der Waals surface area contributed by atoms with Crippen molar-refractivity contribution in [2.75, 3.05) is 24.5 Å². The van der Waals surface area contributed by atoms with Crippen molar-refractivity contribution in [1.82, 2.24) is 29.4 Å². The number of aromatic nitrogens is 5. The molecule has 7 rings (SSSR count). The normalized spacial score (nSPS) is 18.3. The van der Waals surface area contributed by atoms with E-state index in [4.69, 9.17) is 0 Å². The Labute approximate surface area is 255 Å². The number of nitrogens with zero attached hydrogens (tertiary/aromatic N) is 7. The van der Waals surface area contributed by atoms with Crippen LogP contribution in [0.1, 0.15) is 66.4 Å². The Balaban J connectivity index is 1.51. The molecule has 1 amide bonds. The van der Waals surface area contributed by atoms with Crippen LogP contribution in [0.4, 0.5) is 14.6 Å². The van der Waals surface area contributed by atoms with Crippen LogP contribution < -0.4 is 10.6 Å². The van der Waals surface area contributed by atoms with Crippen molar-refractivity contribution >= 4 is 28.7 Å². The SMILES string of the molecule is C=CC(=O)N1CCN(c2nc(=O)n(-c3c(C4CC4)nc(C(=O)O)nc3C3CC3)c3nc(-c4ccccc4F)c(F)cc23)[C@@H](C)C1. The molecule has 0 spiro atoms. The number of carboxylic acid groups (broad SMARTS) is 1. The summed E-state index contributed by atoms with van der Waals surface area (Å²) in [6.45, 7) is 6.38. The van der Waals surface area contributed by atoms with Gasteiger partial charge in [0.05, 0.1) is 22.5 Å². The number of rotatable bonds is 7. The zero-order chi connectivity index (χ0) is 31.6. The van der Waals surface area contributed by atoms with E-state index in [9.17, 15) is 23.9 Å². The van der Waals surface area contributed by atoms with Gasteiger partial charge in [-0.1, -0.05) is 18.7 Å². The maximum atomic E-state index is 15.9. The summed E-state index contributed by atoms with van der Waals surface area (Å²) in [4.78, 5) is 59.8. The minimum Gasteiger partial charge on any atom is -0.475 e. The number of benzene rings is 1. The topological polar surface area (TPSA) is 134 Å². The molecule has 0 bridgehead atoms. The van der Waals surface area contributed by atoms with E-state index < -0.39 is 23.3 Å². The van der Waals surface area contributed by atoms with E-state index in [0.29, 0.717) is 36.7 Å². The Kier molecular flexibility index (Phi) is 6.90. The van der Waals surface area contributed by atoms with E-state index in [1.165, 1.54) is 34.9 Å². The Hall–Kier alpha value is -5.07. The maximum Gasteiger partial charge on any atom is 0.373 e. The molecule has 1 atom stereocenters. The molecule has 0 unspecified atom stereocenters. The van der Waals surface area contributed by atoms with Gasteiger partial charge < -0.3 is 14.9 Å². The van der Waals surface area contributed by atoms with Gasteiger partial charge in [-0.3, -0.25) is 4.79 Å². The molecule has 230 valence electrons. The highest BCUT2D eigenvalue weighted by Gasteiger charge is 2.38. The van der Waals surface area contributed by atoms with Gasteiger partial charge in [0.2, 0.25) is 11.7 Å². The number of hydrogen-bond donors (Lipinski definition) is 1. The van der Waals surface area contributed by atoms with Gasteiger partial charge in [0.15, 0.2) is 5.65 Å². The van der Waals surface area contributed by atoms with Gasteiger partial charge in [0, 0.05) is 43.1 Å². The van der Waals surface area contributed by atoms with Crippen LogP contribution in [0.3, 0.4) is 0 Å². The van der Waals surface area contributed by atoms with Crippen molar-refractivity contribution in [2.24, 2.45) is 0 Å². The number of halogens is 2. The highest BCUT2D eigenvalue weighted by Crippen LogP contribution is 2.48. The molecular formula is C32H29F2N7O4. The Morgan fingerprint density at radius 2 is 1.64 bits per heavy atom. The van der Waals surface area contributed by atoms with Crippen LogP contribution in [-0.4, -0.2) is 72.1 Å². The van der Waals surface area contributed by atoms with Crippen molar-refractivity contribution < 1.29 is 23.5 Å². The number of pyridine rings is 1. The second-order valence-electron chi connectivity index (χ2n) is 11.8. The average Bonchev–Trinajstić information content (AvgIpc) is 3.94. The minimum absolute atomic E-state index is 0.0249. The largest absolute Gasteiger partial charge is 0.475 e. The number of piperazine rings is 1. The molecule has 1 saturated heterocycles. The lowest BCUT2D eigenvalue weighted by Gasteiger charge is -2.40. The molecule has 2 saturated carbocycles. The molecule has 2 aliphatic carbocycles. The number of amides is 1. The second kappa shape index (κ2) is 10.8. The number of carbonyl (C=O) groups excluding carboxylic acids is 1. The van der Waals surface area contributed by atoms with E-state index in [-0.39, 0.29) is 57.7 Å². The quantitative estimate of drug-likeness (QED) is 0.305. The molecule has 1 aliphatic heterocycles. The molecule has 45 heavy (non-hydrogen) atoms. The minimum atomic E-state index is -1.28. The summed E-state index contributed by atoms with van der Waals surface area (Å²) in [5, 5.41) is 9.99. The smallest absolute Gasteiger partial charge is 0.373 e. The van der Waals surface area contributed by atoms with Crippen molar-refractivity contribution in [1.29, 1.82) is 0 Å². The summed E-state index contributed by atoms with van der Waals surface area (Å²) in [7, 11) is 0. The van der Waals surface area contributed by atoms with Crippen LogP contribution in [-0.2, 0) is 4.79 Å². The third-order valence-corrected chi connectivity index (χ3v) is 8.60. The van der Waals surface area contributed by atoms with Crippen LogP contribution in [0.25, 0.3) is 28.0 Å². The van der Waals surface area contributed by atoms with Crippen molar-refractivity contribution in [2.45, 2.75) is 50.5 Å². The zero-order valence-corrected chi connectivity index (χ0v) is 24.4. The lowest BCUT2D eigenvalue weighted by Crippen LogP contribution is -2.54. The van der Waals surface area contributed by atoms with Gasteiger partial charge in [-0.15, -0.1) is 0 Å². The summed E-state index contributed by atoms with van der Waals surface area (Å²) in [6.07, 6.45) is 4.24. The Bertz CT molecular complexity index is 1940. The number of hydrogen-bond acceptors (Lipinski definition) is 8. The first-order valence-corrected chi connectivity index (χ1v) is 14.9. The first-order valence-electron chi connectivity index (χ1n) is 14.9. The third kappa shape index (κ3) is 5.01. The molecular weight excluding hydrogens is 584 g/mol. The van der Waals surface area contributed by atoms with Gasteiger partial charge in [0.25, 0.3) is 0 Å². The van der Waals surface area contributed by atoms with Gasteiger partial charge >= 0.3 is 11.7 Å². The van der Waals surface area contributed by atoms with Gasteiger partial charge in [0.1, 0.15) is 23.1 Å². The predicted molar refractivity (Wildman–Crippen MR) is 161 cm³/mol. The van der Waals surface area contributed by atoms with Gasteiger partial charge in [-0.05, 0) is 56.9 Å². The highest BCUT2D eigenvalue weighted by atomic mass is 19.1. The number of fused-ring (bicyclic) bond motifs is 1. The highest BCUT2D eigenvalue weighted by molar-refractivity contribution is 5.91. The van der Waals surface area contributed by atoms with Crippen LogP contribution in [0.2, 0.25) is 0 Å². The van der Waals surface area contributed by atoms with Gasteiger partial charge in [-0.2, -0.15) is 4.98 Å². The van der Waals surface area contributed by atoms with Gasteiger partial charge in [-0.25, -0.2) is 37.9 Å². The standard InChI is InChI=1S/C32H29F2N7O4/c1-3-23(42)39-12-13-40(16(2)15-39)29-20-14-22(34)26(19-6-4-5-7-21(19)33)37-30(20)41(32(45)38-29)27-24(17-8-9-17)35-28(31(43)44)36-25(27)18-10-11-18/h3-7,14,16-18H,1,8-13,15H2,2H3,(H,43,44)/t16-/m0/s1. The third-order valence-electron chi connectivity index (χ3n) is 8.60. The molecule has 4 aromatic rings. The molecule has 3 fully saturated rings. The summed E-state index contributed by atoms with van der Waals surface area (Å²) in [6, 6.07) is 6.56. The first kappa shape index (κ1) is 28.7. The van der Waals surface area contributed by atoms with Crippen LogP contribution in [0, 0.1) is 11.6 Å². The van der Waals surface area contributed by atoms with E-state index in [1.54, 1.807) is 11.0 Å². The molecule has 1 N–H and O–H groups in total. The summed E-state index contributed by atoms with van der Waals surface area (Å²) >= 11 is 0. The van der Waals surface area contributed by atoms with E-state index >= 15 is 4.39 Å². The molecule has 4 heterocycles. The van der Waals surface area contributed by atoms with E-state index in [2.05, 4.69) is 26.5 Å². The van der Waals surface area contributed by atoms with Crippen molar-refractivity contribution in [3.8, 4) is 16.9 Å². The predicted octanol–water partition coefficient (Wildman–Crippen LogP) is 4.19. The van der Waals surface area contributed by atoms with Crippen LogP contribution >= 0.6 is 0 Å². The average molecular weight is 614 g/mol. The molecule has 11 nitrogen and oxygen atoms in total. The fourth-order valence-electron chi connectivity index (χ4n) is 6.07. The Morgan fingerprint density at radius 3 is 2.22 bits per heavy atom. The molecule has 13 heteroatoms. The molecule has 3 aliphatic rings. The maximum absolute atomic E-state index is 15.9. The summed E-state index contributed by atoms with van der Waals surface area (Å²) in [5.74, 6) is -3.35. The molecule has 0 radical (unpaired) electrons. The van der Waals surface area contributed by atoms with Crippen molar-refractivity contribution in [3.63, 3.8) is 0 Å². The lowest BCUT2D eigenvalue weighted by atomic mass is 10.1. The van der Waals surface area contributed by atoms with E-state index in [0.717, 1.165) is 25.7 Å². The fourth-order valence-corrected chi connectivity index (χ4v) is 6.07. The Morgan fingerprint density at radius 1 is 0.978 bits per heavy atom. The van der Waals surface area contributed by atoms with Crippen molar-refractivity contribution in [3.05, 3.63) is 82.3 Å². The zero-order valence-electron chi connectivity index (χ0n) is 24.4.